The summed E-state index contributed by atoms with van der Waals surface area (Å²) in [4.78, 5) is 0. The Kier molecular flexibility index (Phi) is 7.91. The molecule has 16 heavy (non-hydrogen) atoms. The molecule has 1 unspecified atom stereocenters. The number of hydrogen-bond acceptors (Lipinski definition) is 4. The van der Waals surface area contributed by atoms with Crippen molar-refractivity contribution in [3.8, 4) is 0 Å². The number of nitrogens with zero attached hydrogens (tertiary/aromatic N) is 1. The molecular weight excluding hydrogens is 230 g/mol. The molecule has 0 radical (unpaired) electrons. The smallest absolute Gasteiger partial charge is 0.214 e. The molecule has 98 valence electrons. The minimum absolute atomic E-state index is 0.00243. The lowest BCUT2D eigenvalue weighted by Crippen LogP contribution is -2.41. The van der Waals surface area contributed by atoms with Crippen LogP contribution in [-0.4, -0.2) is 56.5 Å². The van der Waals surface area contributed by atoms with Gasteiger partial charge >= 0.3 is 0 Å². The van der Waals surface area contributed by atoms with E-state index in [2.05, 4.69) is 0 Å². The van der Waals surface area contributed by atoms with Gasteiger partial charge in [0.1, 0.15) is 0 Å². The molecule has 0 aromatic carbocycles. The molecule has 1 N–H and O–H groups in total. The van der Waals surface area contributed by atoms with E-state index in [-0.39, 0.29) is 24.8 Å². The van der Waals surface area contributed by atoms with Gasteiger partial charge in [0, 0.05) is 26.3 Å². The third-order valence-electron chi connectivity index (χ3n) is 2.52. The summed E-state index contributed by atoms with van der Waals surface area (Å²) in [5.74, 6) is -0.00243. The third kappa shape index (κ3) is 5.25. The molecule has 0 amide bonds. The molecule has 1 atom stereocenters. The van der Waals surface area contributed by atoms with Crippen molar-refractivity contribution >= 4 is 10.0 Å². The fourth-order valence-corrected chi connectivity index (χ4v) is 3.16. The highest BCUT2D eigenvalue weighted by Crippen LogP contribution is 2.11. The van der Waals surface area contributed by atoms with Crippen LogP contribution < -0.4 is 0 Å². The van der Waals surface area contributed by atoms with Crippen LogP contribution >= 0.6 is 0 Å². The van der Waals surface area contributed by atoms with E-state index >= 15 is 0 Å². The van der Waals surface area contributed by atoms with Gasteiger partial charge in [0.15, 0.2) is 0 Å². The van der Waals surface area contributed by atoms with Gasteiger partial charge in [0.25, 0.3) is 0 Å². The molecular formula is C10H23NO4S. The number of aliphatic hydroxyl groups excluding tert-OH is 1. The molecule has 0 rings (SSSR count). The van der Waals surface area contributed by atoms with Gasteiger partial charge in [0.05, 0.1) is 12.4 Å². The average molecular weight is 253 g/mol. The van der Waals surface area contributed by atoms with E-state index < -0.39 is 10.0 Å². The lowest BCUT2D eigenvalue weighted by molar-refractivity contribution is 0.167. The summed E-state index contributed by atoms with van der Waals surface area (Å²) in [5.41, 5.74) is 0. The van der Waals surface area contributed by atoms with Crippen LogP contribution in [0.15, 0.2) is 0 Å². The van der Waals surface area contributed by atoms with E-state index in [1.165, 1.54) is 4.31 Å². The molecule has 0 aliphatic carbocycles. The van der Waals surface area contributed by atoms with Gasteiger partial charge in [-0.25, -0.2) is 8.42 Å². The molecule has 0 saturated heterocycles. The van der Waals surface area contributed by atoms with E-state index in [1.54, 1.807) is 7.11 Å². The Balaban J connectivity index is 4.59. The molecule has 0 aliphatic heterocycles. The van der Waals surface area contributed by atoms with Gasteiger partial charge in [-0.05, 0) is 19.8 Å². The quantitative estimate of drug-likeness (QED) is 0.648. The maximum atomic E-state index is 12.0. The van der Waals surface area contributed by atoms with Crippen LogP contribution in [0.4, 0.5) is 0 Å². The molecule has 0 aromatic rings. The zero-order valence-corrected chi connectivity index (χ0v) is 11.2. The Bertz CT molecular complexity index is 266. The molecule has 0 fully saturated rings. The van der Waals surface area contributed by atoms with Crippen molar-refractivity contribution in [1.29, 1.82) is 0 Å². The van der Waals surface area contributed by atoms with Crippen molar-refractivity contribution in [3.05, 3.63) is 0 Å². The Labute approximate surface area is 98.5 Å². The minimum atomic E-state index is -3.27. The maximum Gasteiger partial charge on any atom is 0.214 e. The Morgan fingerprint density at radius 2 is 2.06 bits per heavy atom. The van der Waals surface area contributed by atoms with Crippen molar-refractivity contribution in [2.45, 2.75) is 32.7 Å². The monoisotopic (exact) mass is 253 g/mol. The van der Waals surface area contributed by atoms with E-state index in [9.17, 15) is 8.42 Å². The van der Waals surface area contributed by atoms with Crippen molar-refractivity contribution in [1.82, 2.24) is 4.31 Å². The van der Waals surface area contributed by atoms with Crippen LogP contribution in [0.2, 0.25) is 0 Å². The normalized spacial score (nSPS) is 14.3. The number of sulfonamides is 1. The first-order valence-corrected chi connectivity index (χ1v) is 7.19. The lowest BCUT2D eigenvalue weighted by atomic mass is 10.3. The summed E-state index contributed by atoms with van der Waals surface area (Å²) in [6, 6.07) is -0.0288. The fraction of sp³-hybridized carbons (Fsp3) is 1.00. The second-order valence-corrected chi connectivity index (χ2v) is 5.80. The predicted octanol–water partition coefficient (Wildman–Crippen LogP) is 0.446. The van der Waals surface area contributed by atoms with E-state index in [0.717, 1.165) is 6.42 Å². The Morgan fingerprint density at radius 3 is 2.50 bits per heavy atom. The molecule has 0 saturated carbocycles. The predicted molar refractivity (Wildman–Crippen MR) is 63.8 cm³/mol. The van der Waals surface area contributed by atoms with Crippen LogP contribution in [0.5, 0.6) is 0 Å². The SMILES string of the molecule is CCC(C)N(CCOC)S(=O)(=O)CCCO. The van der Waals surface area contributed by atoms with Crippen molar-refractivity contribution in [3.63, 3.8) is 0 Å². The van der Waals surface area contributed by atoms with Crippen LogP contribution in [-0.2, 0) is 14.8 Å². The lowest BCUT2D eigenvalue weighted by Gasteiger charge is -2.27. The van der Waals surface area contributed by atoms with Gasteiger partial charge in [0.2, 0.25) is 10.0 Å². The molecule has 0 aromatic heterocycles. The number of hydrogen-bond donors (Lipinski definition) is 1. The maximum absolute atomic E-state index is 12.0. The van der Waals surface area contributed by atoms with Crippen molar-refractivity contribution in [2.24, 2.45) is 0 Å². The first-order chi connectivity index (χ1) is 7.49. The van der Waals surface area contributed by atoms with E-state index in [1.807, 2.05) is 13.8 Å². The van der Waals surface area contributed by atoms with E-state index in [0.29, 0.717) is 13.2 Å². The topological polar surface area (TPSA) is 66.8 Å². The number of ether oxygens (including phenoxy) is 1. The summed E-state index contributed by atoms with van der Waals surface area (Å²) in [5, 5.41) is 8.68. The highest BCUT2D eigenvalue weighted by atomic mass is 32.2. The van der Waals surface area contributed by atoms with Crippen molar-refractivity contribution in [2.75, 3.05) is 32.6 Å². The highest BCUT2D eigenvalue weighted by molar-refractivity contribution is 7.89. The summed E-state index contributed by atoms with van der Waals surface area (Å²) < 4.78 is 30.3. The van der Waals surface area contributed by atoms with E-state index in [4.69, 9.17) is 9.84 Å². The molecule has 5 nitrogen and oxygen atoms in total. The van der Waals surface area contributed by atoms with Crippen LogP contribution in [0, 0.1) is 0 Å². The Morgan fingerprint density at radius 1 is 1.44 bits per heavy atom. The summed E-state index contributed by atoms with van der Waals surface area (Å²) in [7, 11) is -1.72. The van der Waals surface area contributed by atoms with Gasteiger partial charge in [-0.1, -0.05) is 6.92 Å². The second kappa shape index (κ2) is 8.00. The molecule has 0 aliphatic rings. The second-order valence-electron chi connectivity index (χ2n) is 3.75. The van der Waals surface area contributed by atoms with Gasteiger partial charge < -0.3 is 9.84 Å². The first kappa shape index (κ1) is 15.8. The zero-order valence-electron chi connectivity index (χ0n) is 10.3. The Hall–Kier alpha value is -0.170. The minimum Gasteiger partial charge on any atom is -0.396 e. The summed E-state index contributed by atoms with van der Waals surface area (Å²) >= 11 is 0. The largest absolute Gasteiger partial charge is 0.396 e. The van der Waals surface area contributed by atoms with Crippen molar-refractivity contribution < 1.29 is 18.3 Å². The summed E-state index contributed by atoms with van der Waals surface area (Å²) in [6.07, 6.45) is 1.05. The number of rotatable bonds is 9. The molecule has 6 heteroatoms. The van der Waals surface area contributed by atoms with Gasteiger partial charge in [-0.3, -0.25) is 0 Å². The average Bonchev–Trinajstić information content (AvgIpc) is 2.26. The third-order valence-corrected chi connectivity index (χ3v) is 4.58. The highest BCUT2D eigenvalue weighted by Gasteiger charge is 2.25. The zero-order chi connectivity index (χ0) is 12.6. The molecule has 0 bridgehead atoms. The van der Waals surface area contributed by atoms with Gasteiger partial charge in [-0.15, -0.1) is 0 Å². The number of aliphatic hydroxyl groups is 1. The standard InChI is InChI=1S/C10H23NO4S/c1-4-10(2)11(6-8-15-3)16(13,14)9-5-7-12/h10,12H,4-9H2,1-3H3. The number of methoxy groups -OCH3 is 1. The van der Waals surface area contributed by atoms with Crippen LogP contribution in [0.25, 0.3) is 0 Å². The molecule has 0 spiro atoms. The summed E-state index contributed by atoms with van der Waals surface area (Å²) in [6.45, 7) is 4.50. The first-order valence-electron chi connectivity index (χ1n) is 5.58. The van der Waals surface area contributed by atoms with Crippen LogP contribution in [0.3, 0.4) is 0 Å². The fourth-order valence-electron chi connectivity index (χ4n) is 1.38. The van der Waals surface area contributed by atoms with Gasteiger partial charge in [-0.2, -0.15) is 4.31 Å². The molecule has 0 heterocycles. The van der Waals surface area contributed by atoms with Crippen LogP contribution in [0.1, 0.15) is 26.7 Å².